The third-order valence-electron chi connectivity index (χ3n) is 6.30. The van der Waals surface area contributed by atoms with Crippen molar-refractivity contribution in [3.05, 3.63) is 89.4 Å². The lowest BCUT2D eigenvalue weighted by Crippen LogP contribution is -2.28. The molecule has 39 heavy (non-hydrogen) atoms. The van der Waals surface area contributed by atoms with E-state index in [0.29, 0.717) is 27.0 Å². The highest BCUT2D eigenvalue weighted by Gasteiger charge is 2.30. The molecule has 0 saturated carbocycles. The lowest BCUT2D eigenvalue weighted by molar-refractivity contribution is -0.739. The second-order valence-electron chi connectivity index (χ2n) is 8.88. The first-order chi connectivity index (χ1) is 18.7. The molecule has 0 aliphatic rings. The van der Waals surface area contributed by atoms with Crippen molar-refractivity contribution in [1.82, 2.24) is 10.3 Å². The Balaban J connectivity index is 1.56. The number of fused-ring (bicyclic) bond motifs is 2. The Hall–Kier alpha value is -4.77. The van der Waals surface area contributed by atoms with Crippen molar-refractivity contribution >= 4 is 49.8 Å². The number of alkyl halides is 3. The molecule has 3 heterocycles. The Morgan fingerprint density at radius 2 is 1.77 bits per heavy atom. The van der Waals surface area contributed by atoms with Crippen molar-refractivity contribution in [3.8, 4) is 22.4 Å². The maximum Gasteiger partial charge on any atom is 0.416 e. The van der Waals surface area contributed by atoms with E-state index < -0.39 is 17.6 Å². The zero-order valence-corrected chi connectivity index (χ0v) is 21.1. The SMILES string of the molecule is C[n+]1cc(NC(=O)c2sc3nc(-c4cccc5ccccc45)cc(-c4ccc(C(F)(F)F)cc4)c3c2N)on1. The molecule has 0 fully saturated rings. The molecule has 6 aromatic rings. The summed E-state index contributed by atoms with van der Waals surface area (Å²) in [6, 6.07) is 20.3. The van der Waals surface area contributed by atoms with Gasteiger partial charge in [-0.05, 0) is 40.1 Å². The van der Waals surface area contributed by atoms with Crippen LogP contribution in [0.15, 0.2) is 83.5 Å². The van der Waals surface area contributed by atoms with Crippen molar-refractivity contribution in [2.75, 3.05) is 11.1 Å². The minimum atomic E-state index is -4.47. The van der Waals surface area contributed by atoms with E-state index in [-0.39, 0.29) is 16.4 Å². The van der Waals surface area contributed by atoms with Crippen LogP contribution >= 0.6 is 11.3 Å². The van der Waals surface area contributed by atoms with Gasteiger partial charge in [-0.25, -0.2) is 4.98 Å². The zero-order valence-electron chi connectivity index (χ0n) is 20.3. The Kier molecular flexibility index (Phi) is 5.80. The topological polar surface area (TPSA) is 97.9 Å². The second kappa shape index (κ2) is 9.21. The lowest BCUT2D eigenvalue weighted by atomic mass is 9.96. The van der Waals surface area contributed by atoms with Crippen LogP contribution in [0.25, 0.3) is 43.4 Å². The highest BCUT2D eigenvalue weighted by molar-refractivity contribution is 7.21. The van der Waals surface area contributed by atoms with Crippen LogP contribution < -0.4 is 15.7 Å². The van der Waals surface area contributed by atoms with Gasteiger partial charge in [-0.2, -0.15) is 13.2 Å². The number of carbonyl (C=O) groups excluding carboxylic acids is 1. The standard InChI is InChI=1S/C28H18F3N5O2S/c1-36-14-22(38-35-36)34-26(37)25-24(32)23-20(16-9-11-17(12-10-16)28(29,30)31)13-21(33-27(23)39-25)19-8-4-6-15-5-2-3-7-18(15)19/h2-14H,1H3,(H2-,32,34,35,37)/p+1. The molecule has 0 aliphatic carbocycles. The van der Waals surface area contributed by atoms with Crippen LogP contribution in [0.4, 0.5) is 24.7 Å². The van der Waals surface area contributed by atoms with Crippen molar-refractivity contribution in [2.45, 2.75) is 6.18 Å². The number of pyridine rings is 1. The molecule has 0 atom stereocenters. The van der Waals surface area contributed by atoms with E-state index in [1.807, 2.05) is 42.5 Å². The summed E-state index contributed by atoms with van der Waals surface area (Å²) in [5.74, 6) is -0.385. The zero-order chi connectivity index (χ0) is 27.3. The molecule has 194 valence electrons. The summed E-state index contributed by atoms with van der Waals surface area (Å²) in [4.78, 5) is 18.6. The molecule has 3 aromatic heterocycles. The van der Waals surface area contributed by atoms with Crippen LogP contribution in [-0.2, 0) is 13.2 Å². The Bertz CT molecular complexity index is 1870. The minimum absolute atomic E-state index is 0.131. The van der Waals surface area contributed by atoms with Crippen LogP contribution in [-0.4, -0.2) is 16.2 Å². The number of hydrogen-bond acceptors (Lipinski definition) is 6. The third kappa shape index (κ3) is 4.46. The smallest absolute Gasteiger partial charge is 0.397 e. The van der Waals surface area contributed by atoms with Gasteiger partial charge in [0.25, 0.3) is 12.1 Å². The fourth-order valence-corrected chi connectivity index (χ4v) is 5.51. The molecule has 0 saturated heterocycles. The number of benzene rings is 3. The molecule has 3 aromatic carbocycles. The number of nitrogen functional groups attached to an aromatic ring is 1. The molecule has 11 heteroatoms. The molecule has 7 nitrogen and oxygen atoms in total. The highest BCUT2D eigenvalue weighted by atomic mass is 32.1. The summed E-state index contributed by atoms with van der Waals surface area (Å²) in [5.41, 5.74) is 8.42. The predicted octanol–water partition coefficient (Wildman–Crippen LogP) is 6.45. The molecule has 0 aliphatic heterocycles. The van der Waals surface area contributed by atoms with Gasteiger partial charge in [-0.3, -0.25) is 14.6 Å². The maximum absolute atomic E-state index is 13.3. The summed E-state index contributed by atoms with van der Waals surface area (Å²) in [5, 5.41) is 8.77. The molecule has 0 spiro atoms. The first-order valence-electron chi connectivity index (χ1n) is 11.7. The maximum atomic E-state index is 13.3. The van der Waals surface area contributed by atoms with Gasteiger partial charge in [0.15, 0.2) is 12.3 Å². The number of amides is 1. The van der Waals surface area contributed by atoms with Gasteiger partial charge in [0.05, 0.1) is 16.9 Å². The van der Waals surface area contributed by atoms with Crippen LogP contribution in [0.3, 0.4) is 0 Å². The average molecular weight is 547 g/mol. The molecular weight excluding hydrogens is 527 g/mol. The van der Waals surface area contributed by atoms with Gasteiger partial charge < -0.3 is 5.73 Å². The fraction of sp³-hybridized carbons (Fsp3) is 0.0714. The molecule has 1 amide bonds. The van der Waals surface area contributed by atoms with E-state index in [1.54, 1.807) is 13.1 Å². The van der Waals surface area contributed by atoms with E-state index in [9.17, 15) is 18.0 Å². The number of thiophene rings is 1. The number of aromatic nitrogens is 3. The van der Waals surface area contributed by atoms with E-state index in [4.69, 9.17) is 15.2 Å². The summed E-state index contributed by atoms with van der Waals surface area (Å²) in [7, 11) is 1.64. The van der Waals surface area contributed by atoms with Gasteiger partial charge in [0, 0.05) is 10.9 Å². The Morgan fingerprint density at radius 3 is 2.49 bits per heavy atom. The first-order valence-corrected chi connectivity index (χ1v) is 12.5. The molecule has 0 radical (unpaired) electrons. The summed E-state index contributed by atoms with van der Waals surface area (Å²) < 4.78 is 46.2. The monoisotopic (exact) mass is 546 g/mol. The summed E-state index contributed by atoms with van der Waals surface area (Å²) in [6.45, 7) is 0. The van der Waals surface area contributed by atoms with E-state index in [0.717, 1.165) is 39.8 Å². The van der Waals surface area contributed by atoms with Crippen molar-refractivity contribution in [2.24, 2.45) is 7.05 Å². The Morgan fingerprint density at radius 1 is 1.03 bits per heavy atom. The van der Waals surface area contributed by atoms with E-state index >= 15 is 0 Å². The number of rotatable bonds is 4. The fourth-order valence-electron chi connectivity index (χ4n) is 4.49. The summed E-state index contributed by atoms with van der Waals surface area (Å²) >= 11 is 1.09. The molecule has 6 rings (SSSR count). The Labute approximate surface area is 223 Å². The number of anilines is 2. The minimum Gasteiger partial charge on any atom is -0.397 e. The number of nitrogens with two attached hydrogens (primary N) is 1. The predicted molar refractivity (Wildman–Crippen MR) is 143 cm³/mol. The van der Waals surface area contributed by atoms with Crippen LogP contribution in [0.2, 0.25) is 0 Å². The number of nitrogens with zero attached hydrogens (tertiary/aromatic N) is 3. The number of hydrogen-bond donors (Lipinski definition) is 2. The second-order valence-corrected chi connectivity index (χ2v) is 9.88. The molecule has 0 unspecified atom stereocenters. The van der Waals surface area contributed by atoms with Gasteiger partial charge in [-0.15, -0.1) is 11.3 Å². The lowest BCUT2D eigenvalue weighted by Gasteiger charge is -2.12. The van der Waals surface area contributed by atoms with E-state index in [2.05, 4.69) is 10.6 Å². The molecule has 0 bridgehead atoms. The highest BCUT2D eigenvalue weighted by Crippen LogP contribution is 2.43. The largest absolute Gasteiger partial charge is 0.416 e. The van der Waals surface area contributed by atoms with Crippen LogP contribution in [0, 0.1) is 0 Å². The summed E-state index contributed by atoms with van der Waals surface area (Å²) in [6.07, 6.45) is -2.98. The number of halogens is 3. The normalized spacial score (nSPS) is 11.8. The van der Waals surface area contributed by atoms with Crippen LogP contribution in [0.5, 0.6) is 0 Å². The molecule has 3 N–H and O–H groups in total. The van der Waals surface area contributed by atoms with Crippen molar-refractivity contribution < 1.29 is 27.2 Å². The number of carbonyl (C=O) groups is 1. The number of nitrogens with one attached hydrogen (secondary N) is 1. The van der Waals surface area contributed by atoms with Gasteiger partial charge in [0.1, 0.15) is 9.71 Å². The van der Waals surface area contributed by atoms with Crippen LogP contribution in [0.1, 0.15) is 15.2 Å². The van der Waals surface area contributed by atoms with Gasteiger partial charge in [-0.1, -0.05) is 59.3 Å². The van der Waals surface area contributed by atoms with Crippen molar-refractivity contribution in [1.29, 1.82) is 0 Å². The van der Waals surface area contributed by atoms with Crippen molar-refractivity contribution in [3.63, 3.8) is 0 Å². The number of aryl methyl sites for hydroxylation is 1. The molecular formula is C28H19F3N5O2S+. The third-order valence-corrected chi connectivity index (χ3v) is 7.40. The quantitative estimate of drug-likeness (QED) is 0.248. The first kappa shape index (κ1) is 24.6. The van der Waals surface area contributed by atoms with Gasteiger partial charge >= 0.3 is 12.1 Å². The van der Waals surface area contributed by atoms with Gasteiger partial charge in [0.2, 0.25) is 0 Å². The van der Waals surface area contributed by atoms with E-state index in [1.165, 1.54) is 23.0 Å². The average Bonchev–Trinajstić information content (AvgIpc) is 3.49.